The minimum Gasteiger partial charge on any atom is -0.394 e. The maximum absolute atomic E-state index is 11.4. The summed E-state index contributed by atoms with van der Waals surface area (Å²) in [6, 6.07) is 1.69. The number of carbonyl (C=O) groups is 1. The zero-order chi connectivity index (χ0) is 11.1. The molecule has 0 fully saturated rings. The normalized spacial score (nSPS) is 12.4. The fourth-order valence-corrected chi connectivity index (χ4v) is 1.23. The standard InChI is InChI=1S/C10H17N3O2/c1-2-9(8-14)12-10(15)4-7-13-6-3-5-11-13/h3,5-6,9,14H,2,4,7-8H2,1H3,(H,12,15). The first-order valence-corrected chi connectivity index (χ1v) is 5.14. The van der Waals surface area contributed by atoms with E-state index in [1.54, 1.807) is 10.9 Å². The summed E-state index contributed by atoms with van der Waals surface area (Å²) in [6.45, 7) is 2.49. The molecule has 0 radical (unpaired) electrons. The van der Waals surface area contributed by atoms with Gasteiger partial charge in [-0.3, -0.25) is 9.48 Å². The average Bonchev–Trinajstić information content (AvgIpc) is 2.75. The summed E-state index contributed by atoms with van der Waals surface area (Å²) in [4.78, 5) is 11.4. The van der Waals surface area contributed by atoms with Crippen molar-refractivity contribution < 1.29 is 9.90 Å². The number of nitrogens with one attached hydrogen (secondary N) is 1. The number of aryl methyl sites for hydroxylation is 1. The van der Waals surface area contributed by atoms with E-state index in [1.165, 1.54) is 0 Å². The van der Waals surface area contributed by atoms with Gasteiger partial charge in [0.15, 0.2) is 0 Å². The van der Waals surface area contributed by atoms with Crippen molar-refractivity contribution in [3.8, 4) is 0 Å². The van der Waals surface area contributed by atoms with Crippen molar-refractivity contribution >= 4 is 5.91 Å². The van der Waals surface area contributed by atoms with Gasteiger partial charge in [0.25, 0.3) is 0 Å². The topological polar surface area (TPSA) is 67.2 Å². The molecule has 1 rings (SSSR count). The van der Waals surface area contributed by atoms with Gasteiger partial charge in [-0.15, -0.1) is 0 Å². The Morgan fingerprint density at radius 1 is 1.67 bits per heavy atom. The number of rotatable bonds is 6. The van der Waals surface area contributed by atoms with Crippen LogP contribution in [-0.2, 0) is 11.3 Å². The van der Waals surface area contributed by atoms with Crippen molar-refractivity contribution in [3.05, 3.63) is 18.5 Å². The Balaban J connectivity index is 2.24. The van der Waals surface area contributed by atoms with Crippen LogP contribution in [0, 0.1) is 0 Å². The van der Waals surface area contributed by atoms with Crippen molar-refractivity contribution in [2.75, 3.05) is 6.61 Å². The summed E-state index contributed by atoms with van der Waals surface area (Å²) in [5.41, 5.74) is 0. The number of hydrogen-bond donors (Lipinski definition) is 2. The van der Waals surface area contributed by atoms with Crippen LogP contribution in [0.3, 0.4) is 0 Å². The minimum atomic E-state index is -0.130. The van der Waals surface area contributed by atoms with Crippen molar-refractivity contribution in [3.63, 3.8) is 0 Å². The van der Waals surface area contributed by atoms with Gasteiger partial charge in [0, 0.05) is 25.4 Å². The Hall–Kier alpha value is -1.36. The van der Waals surface area contributed by atoms with E-state index in [1.807, 2.05) is 19.2 Å². The molecule has 84 valence electrons. The molecular weight excluding hydrogens is 194 g/mol. The highest BCUT2D eigenvalue weighted by Gasteiger charge is 2.08. The first-order valence-electron chi connectivity index (χ1n) is 5.14. The summed E-state index contributed by atoms with van der Waals surface area (Å²) in [7, 11) is 0. The van der Waals surface area contributed by atoms with Crippen LogP contribution < -0.4 is 5.32 Å². The lowest BCUT2D eigenvalue weighted by molar-refractivity contribution is -0.122. The number of amides is 1. The second-order valence-corrected chi connectivity index (χ2v) is 3.37. The van der Waals surface area contributed by atoms with E-state index in [-0.39, 0.29) is 18.6 Å². The van der Waals surface area contributed by atoms with Gasteiger partial charge < -0.3 is 10.4 Å². The molecular formula is C10H17N3O2. The predicted octanol–water partition coefficient (Wildman–Crippen LogP) is 0.160. The lowest BCUT2D eigenvalue weighted by atomic mass is 10.2. The van der Waals surface area contributed by atoms with Crippen LogP contribution in [-0.4, -0.2) is 33.4 Å². The number of aliphatic hydroxyl groups excluding tert-OH is 1. The van der Waals surface area contributed by atoms with Crippen molar-refractivity contribution in [2.45, 2.75) is 32.4 Å². The Bertz CT molecular complexity index is 281. The summed E-state index contributed by atoms with van der Waals surface area (Å²) in [5.74, 6) is -0.0496. The highest BCUT2D eigenvalue weighted by molar-refractivity contribution is 5.76. The second-order valence-electron chi connectivity index (χ2n) is 3.37. The van der Waals surface area contributed by atoms with Crippen LogP contribution in [0.25, 0.3) is 0 Å². The van der Waals surface area contributed by atoms with Gasteiger partial charge >= 0.3 is 0 Å². The lowest BCUT2D eigenvalue weighted by Gasteiger charge is -2.13. The van der Waals surface area contributed by atoms with E-state index in [0.29, 0.717) is 13.0 Å². The van der Waals surface area contributed by atoms with Crippen LogP contribution in [0.15, 0.2) is 18.5 Å². The lowest BCUT2D eigenvalue weighted by Crippen LogP contribution is -2.37. The van der Waals surface area contributed by atoms with Gasteiger partial charge in [0.2, 0.25) is 5.91 Å². The molecule has 0 bridgehead atoms. The van der Waals surface area contributed by atoms with Crippen LogP contribution >= 0.6 is 0 Å². The summed E-state index contributed by atoms with van der Waals surface area (Å²) < 4.78 is 1.71. The molecule has 2 N–H and O–H groups in total. The van der Waals surface area contributed by atoms with Crippen molar-refractivity contribution in [1.82, 2.24) is 15.1 Å². The average molecular weight is 211 g/mol. The fourth-order valence-electron chi connectivity index (χ4n) is 1.23. The van der Waals surface area contributed by atoms with Crippen molar-refractivity contribution in [2.24, 2.45) is 0 Å². The molecule has 1 aromatic rings. The zero-order valence-corrected chi connectivity index (χ0v) is 8.89. The van der Waals surface area contributed by atoms with Crippen LogP contribution in [0.1, 0.15) is 19.8 Å². The predicted molar refractivity (Wildman–Crippen MR) is 56.2 cm³/mol. The number of aromatic nitrogens is 2. The monoisotopic (exact) mass is 211 g/mol. The smallest absolute Gasteiger partial charge is 0.222 e. The van der Waals surface area contributed by atoms with Crippen LogP contribution in [0.2, 0.25) is 0 Å². The zero-order valence-electron chi connectivity index (χ0n) is 8.89. The first kappa shape index (κ1) is 11.7. The number of nitrogens with zero attached hydrogens (tertiary/aromatic N) is 2. The van der Waals surface area contributed by atoms with E-state index >= 15 is 0 Å². The van der Waals surface area contributed by atoms with Crippen LogP contribution in [0.4, 0.5) is 0 Å². The fraction of sp³-hybridized carbons (Fsp3) is 0.600. The molecule has 0 saturated heterocycles. The molecule has 5 heteroatoms. The number of carbonyl (C=O) groups excluding carboxylic acids is 1. The summed E-state index contributed by atoms with van der Waals surface area (Å²) >= 11 is 0. The first-order chi connectivity index (χ1) is 7.26. The second kappa shape index (κ2) is 6.19. The number of hydrogen-bond acceptors (Lipinski definition) is 3. The summed E-state index contributed by atoms with van der Waals surface area (Å²) in [6.07, 6.45) is 4.62. The molecule has 1 aromatic heterocycles. The maximum atomic E-state index is 11.4. The van der Waals surface area contributed by atoms with Gasteiger partial charge in [-0.2, -0.15) is 5.10 Å². The summed E-state index contributed by atoms with van der Waals surface area (Å²) in [5, 5.41) is 15.6. The molecule has 1 amide bonds. The molecule has 15 heavy (non-hydrogen) atoms. The minimum absolute atomic E-state index is 0.00991. The third-order valence-corrected chi connectivity index (χ3v) is 2.21. The SMILES string of the molecule is CCC(CO)NC(=O)CCn1cccn1. The molecule has 1 unspecified atom stereocenters. The Kier molecular flexibility index (Phi) is 4.83. The van der Waals surface area contributed by atoms with E-state index in [4.69, 9.17) is 5.11 Å². The Morgan fingerprint density at radius 2 is 2.47 bits per heavy atom. The highest BCUT2D eigenvalue weighted by Crippen LogP contribution is 1.93. The molecule has 1 heterocycles. The molecule has 0 aliphatic heterocycles. The largest absolute Gasteiger partial charge is 0.394 e. The molecule has 0 saturated carbocycles. The molecule has 0 aromatic carbocycles. The molecule has 0 spiro atoms. The van der Waals surface area contributed by atoms with E-state index in [0.717, 1.165) is 6.42 Å². The Labute approximate surface area is 89.1 Å². The van der Waals surface area contributed by atoms with Gasteiger partial charge in [0.05, 0.1) is 12.6 Å². The van der Waals surface area contributed by atoms with Gasteiger partial charge in [-0.05, 0) is 12.5 Å². The molecule has 0 aliphatic carbocycles. The molecule has 1 atom stereocenters. The van der Waals surface area contributed by atoms with Gasteiger partial charge in [-0.25, -0.2) is 0 Å². The highest BCUT2D eigenvalue weighted by atomic mass is 16.3. The molecule has 0 aliphatic rings. The maximum Gasteiger partial charge on any atom is 0.222 e. The van der Waals surface area contributed by atoms with Crippen LogP contribution in [0.5, 0.6) is 0 Å². The van der Waals surface area contributed by atoms with E-state index in [2.05, 4.69) is 10.4 Å². The Morgan fingerprint density at radius 3 is 3.00 bits per heavy atom. The quantitative estimate of drug-likeness (QED) is 0.704. The van der Waals surface area contributed by atoms with Gasteiger partial charge in [-0.1, -0.05) is 6.92 Å². The third-order valence-electron chi connectivity index (χ3n) is 2.21. The number of aliphatic hydroxyl groups is 1. The van der Waals surface area contributed by atoms with E-state index in [9.17, 15) is 4.79 Å². The third kappa shape index (κ3) is 4.12. The van der Waals surface area contributed by atoms with E-state index < -0.39 is 0 Å². The van der Waals surface area contributed by atoms with Gasteiger partial charge in [0.1, 0.15) is 0 Å². The molecule has 5 nitrogen and oxygen atoms in total. The van der Waals surface area contributed by atoms with Crippen molar-refractivity contribution in [1.29, 1.82) is 0 Å².